The number of likely N-dealkylation sites (tertiary alicyclic amines) is 1. The lowest BCUT2D eigenvalue weighted by Gasteiger charge is -2.27. The molecule has 2 N–H and O–H groups in total. The predicted octanol–water partition coefficient (Wildman–Crippen LogP) is 2.79. The Morgan fingerprint density at radius 1 is 1.00 bits per heavy atom. The summed E-state index contributed by atoms with van der Waals surface area (Å²) in [5.74, 6) is 0.158. The van der Waals surface area contributed by atoms with Crippen LogP contribution in [0.1, 0.15) is 55.7 Å². The van der Waals surface area contributed by atoms with E-state index in [9.17, 15) is 4.79 Å². The van der Waals surface area contributed by atoms with E-state index in [2.05, 4.69) is 45.1 Å². The normalized spacial score (nSPS) is 18.4. The first-order valence-corrected chi connectivity index (χ1v) is 8.72. The van der Waals surface area contributed by atoms with E-state index in [-0.39, 0.29) is 11.9 Å². The van der Waals surface area contributed by atoms with E-state index in [4.69, 9.17) is 0 Å². The molecule has 2 rings (SSSR count). The van der Waals surface area contributed by atoms with Crippen LogP contribution in [0.5, 0.6) is 0 Å². The zero-order valence-corrected chi connectivity index (χ0v) is 14.6. The van der Waals surface area contributed by atoms with Crippen LogP contribution < -0.4 is 10.2 Å². The Morgan fingerprint density at radius 2 is 1.50 bits per heavy atom. The molecule has 0 saturated carbocycles. The van der Waals surface area contributed by atoms with Crippen LogP contribution in [-0.2, 0) is 4.79 Å². The van der Waals surface area contributed by atoms with E-state index in [1.807, 2.05) is 0 Å². The van der Waals surface area contributed by atoms with Crippen molar-refractivity contribution in [2.75, 3.05) is 18.4 Å². The zero-order valence-electron chi connectivity index (χ0n) is 14.6. The van der Waals surface area contributed by atoms with E-state index in [0.29, 0.717) is 0 Å². The molecule has 0 aromatic heterocycles. The van der Waals surface area contributed by atoms with Gasteiger partial charge in [0.15, 0.2) is 6.04 Å². The number of anilines is 1. The van der Waals surface area contributed by atoms with Gasteiger partial charge in [0.2, 0.25) is 0 Å². The Balaban J connectivity index is 2.04. The predicted molar refractivity (Wildman–Crippen MR) is 92.5 cm³/mol. The average Bonchev–Trinajstić information content (AvgIpc) is 2.41. The van der Waals surface area contributed by atoms with Crippen molar-refractivity contribution in [3.05, 3.63) is 28.8 Å². The highest BCUT2D eigenvalue weighted by Gasteiger charge is 2.26. The molecular formula is C19H31N2O+. The molecule has 1 atom stereocenters. The Hall–Kier alpha value is -1.35. The number of benzene rings is 1. The van der Waals surface area contributed by atoms with Crippen LogP contribution in [0.25, 0.3) is 0 Å². The number of rotatable bonds is 3. The summed E-state index contributed by atoms with van der Waals surface area (Å²) in [7, 11) is 0. The van der Waals surface area contributed by atoms with Gasteiger partial charge in [-0.1, -0.05) is 24.1 Å². The fourth-order valence-electron chi connectivity index (χ4n) is 3.59. The minimum absolute atomic E-state index is 0.0261. The fraction of sp³-hybridized carbons (Fsp3) is 0.632. The minimum atomic E-state index is 0.0261. The first kappa shape index (κ1) is 17.0. The maximum atomic E-state index is 12.7. The molecule has 1 heterocycles. The van der Waals surface area contributed by atoms with Gasteiger partial charge in [0, 0.05) is 5.69 Å². The first-order chi connectivity index (χ1) is 10.5. The molecule has 0 radical (unpaired) electrons. The summed E-state index contributed by atoms with van der Waals surface area (Å²) in [6.07, 6.45) is 6.47. The largest absolute Gasteiger partial charge is 0.325 e. The molecule has 1 amide bonds. The van der Waals surface area contributed by atoms with Gasteiger partial charge in [-0.2, -0.15) is 0 Å². The van der Waals surface area contributed by atoms with Crippen LogP contribution in [0, 0.1) is 20.8 Å². The summed E-state index contributed by atoms with van der Waals surface area (Å²) in [4.78, 5) is 14.1. The van der Waals surface area contributed by atoms with E-state index in [1.165, 1.54) is 42.6 Å². The molecule has 0 bridgehead atoms. The average molecular weight is 303 g/mol. The number of quaternary nitrogens is 1. The molecule has 0 spiro atoms. The fourth-order valence-corrected chi connectivity index (χ4v) is 3.59. The van der Waals surface area contributed by atoms with Crippen molar-refractivity contribution in [3.8, 4) is 0 Å². The lowest BCUT2D eigenvalue weighted by molar-refractivity contribution is -0.914. The Labute approximate surface area is 135 Å². The van der Waals surface area contributed by atoms with E-state index >= 15 is 0 Å². The van der Waals surface area contributed by atoms with Crippen LogP contribution in [0.2, 0.25) is 0 Å². The van der Waals surface area contributed by atoms with Gasteiger partial charge >= 0.3 is 0 Å². The molecule has 3 nitrogen and oxygen atoms in total. The number of aryl methyl sites for hydroxylation is 3. The second-order valence-corrected chi connectivity index (χ2v) is 6.91. The van der Waals surface area contributed by atoms with E-state index in [1.54, 1.807) is 0 Å². The molecule has 1 fully saturated rings. The summed E-state index contributed by atoms with van der Waals surface area (Å²) >= 11 is 0. The van der Waals surface area contributed by atoms with Gasteiger partial charge in [0.25, 0.3) is 5.91 Å². The van der Waals surface area contributed by atoms with Crippen LogP contribution in [-0.4, -0.2) is 25.0 Å². The van der Waals surface area contributed by atoms with E-state index in [0.717, 1.165) is 29.9 Å². The molecule has 1 aromatic carbocycles. The van der Waals surface area contributed by atoms with Crippen LogP contribution in [0.3, 0.4) is 0 Å². The number of hydrogen-bond acceptors (Lipinski definition) is 1. The molecule has 0 unspecified atom stereocenters. The highest BCUT2D eigenvalue weighted by molar-refractivity contribution is 5.95. The summed E-state index contributed by atoms with van der Waals surface area (Å²) in [5.41, 5.74) is 4.55. The third-order valence-corrected chi connectivity index (χ3v) is 4.93. The van der Waals surface area contributed by atoms with Gasteiger partial charge in [-0.15, -0.1) is 0 Å². The van der Waals surface area contributed by atoms with Crippen LogP contribution in [0.15, 0.2) is 12.1 Å². The van der Waals surface area contributed by atoms with Crippen molar-refractivity contribution in [2.24, 2.45) is 0 Å². The van der Waals surface area contributed by atoms with Crippen LogP contribution in [0.4, 0.5) is 5.69 Å². The Morgan fingerprint density at radius 3 is 2.05 bits per heavy atom. The van der Waals surface area contributed by atoms with Crippen molar-refractivity contribution in [2.45, 2.75) is 65.8 Å². The number of amides is 1. The van der Waals surface area contributed by atoms with Gasteiger partial charge in [-0.3, -0.25) is 4.79 Å². The molecular weight excluding hydrogens is 272 g/mol. The molecule has 3 heteroatoms. The topological polar surface area (TPSA) is 33.5 Å². The molecule has 1 aromatic rings. The third-order valence-electron chi connectivity index (χ3n) is 4.93. The maximum absolute atomic E-state index is 12.7. The molecule has 22 heavy (non-hydrogen) atoms. The molecule has 1 aliphatic heterocycles. The molecule has 0 aliphatic carbocycles. The number of carbonyl (C=O) groups excluding carboxylic acids is 1. The number of hydrogen-bond donors (Lipinski definition) is 2. The van der Waals surface area contributed by atoms with Crippen LogP contribution >= 0.6 is 0 Å². The first-order valence-electron chi connectivity index (χ1n) is 8.72. The Bertz CT molecular complexity index is 493. The highest BCUT2D eigenvalue weighted by Crippen LogP contribution is 2.21. The summed E-state index contributed by atoms with van der Waals surface area (Å²) in [6, 6.07) is 4.30. The van der Waals surface area contributed by atoms with Gasteiger partial charge < -0.3 is 10.2 Å². The molecule has 1 saturated heterocycles. The SMILES string of the molecule is Cc1cc(C)c(NC(=O)[C@@H](C)[NH+]2CCCCCCC2)c(C)c1. The second-order valence-electron chi connectivity index (χ2n) is 6.91. The van der Waals surface area contributed by atoms with Crippen molar-refractivity contribution >= 4 is 11.6 Å². The molecule has 1 aliphatic rings. The second kappa shape index (κ2) is 7.77. The number of carbonyl (C=O) groups is 1. The summed E-state index contributed by atoms with van der Waals surface area (Å²) in [6.45, 7) is 10.6. The quantitative estimate of drug-likeness (QED) is 0.884. The van der Waals surface area contributed by atoms with E-state index < -0.39 is 0 Å². The van der Waals surface area contributed by atoms with Gasteiger partial charge in [0.1, 0.15) is 0 Å². The number of nitrogens with one attached hydrogen (secondary N) is 2. The molecule has 122 valence electrons. The minimum Gasteiger partial charge on any atom is -0.325 e. The van der Waals surface area contributed by atoms with Gasteiger partial charge in [0.05, 0.1) is 13.1 Å². The van der Waals surface area contributed by atoms with Crippen molar-refractivity contribution in [3.63, 3.8) is 0 Å². The lowest BCUT2D eigenvalue weighted by Crippen LogP contribution is -3.16. The van der Waals surface area contributed by atoms with Crippen molar-refractivity contribution in [1.29, 1.82) is 0 Å². The highest BCUT2D eigenvalue weighted by atomic mass is 16.2. The van der Waals surface area contributed by atoms with Gasteiger partial charge in [-0.05, 0) is 64.5 Å². The smallest absolute Gasteiger partial charge is 0.282 e. The summed E-state index contributed by atoms with van der Waals surface area (Å²) in [5, 5.41) is 3.18. The standard InChI is InChI=1S/C19H30N2O/c1-14-12-15(2)18(16(3)13-14)20-19(22)17(4)21-10-8-6-5-7-9-11-21/h12-13,17H,5-11H2,1-4H3,(H,20,22)/p+1/t17-/m1/s1. The lowest BCUT2D eigenvalue weighted by atomic mass is 10.0. The van der Waals surface area contributed by atoms with Gasteiger partial charge in [-0.25, -0.2) is 0 Å². The van der Waals surface area contributed by atoms with Crippen molar-refractivity contribution in [1.82, 2.24) is 0 Å². The Kier molecular flexibility index (Phi) is 6.01. The zero-order chi connectivity index (χ0) is 16.1. The maximum Gasteiger partial charge on any atom is 0.282 e. The summed E-state index contributed by atoms with van der Waals surface area (Å²) < 4.78 is 0. The monoisotopic (exact) mass is 303 g/mol. The van der Waals surface area contributed by atoms with Crippen molar-refractivity contribution < 1.29 is 9.69 Å². The third kappa shape index (κ3) is 4.33.